The van der Waals surface area contributed by atoms with Crippen LogP contribution >= 0.6 is 27.7 Å². The fraction of sp³-hybridized carbons (Fsp3) is 0.273. The highest BCUT2D eigenvalue weighted by atomic mass is 79.9. The van der Waals surface area contributed by atoms with Crippen molar-refractivity contribution in [3.8, 4) is 0 Å². The molecule has 1 heterocycles. The number of halogens is 1. The minimum absolute atomic E-state index is 0.0426. The van der Waals surface area contributed by atoms with E-state index >= 15 is 0 Å². The third kappa shape index (κ3) is 3.08. The van der Waals surface area contributed by atoms with E-state index in [2.05, 4.69) is 26.1 Å². The molecule has 6 heteroatoms. The number of hydrogen-bond donors (Lipinski definition) is 1. The van der Waals surface area contributed by atoms with E-state index in [1.807, 2.05) is 25.1 Å². The van der Waals surface area contributed by atoms with E-state index in [4.69, 9.17) is 10.2 Å². The molecule has 0 radical (unpaired) electrons. The number of nitrogens with zero attached hydrogens (tertiary/aromatic N) is 2. The second kappa shape index (κ2) is 5.20. The van der Waals surface area contributed by atoms with Crippen molar-refractivity contribution in [1.29, 1.82) is 0 Å². The Morgan fingerprint density at radius 2 is 2.18 bits per heavy atom. The van der Waals surface area contributed by atoms with Crippen LogP contribution in [0.25, 0.3) is 0 Å². The standard InChI is InChI=1S/C11H12BrN3OS/c1-6(13)9-5-8(12)3-4-10(9)17-11-15-14-7(2)16-11/h3-6H,13H2,1-2H3. The van der Waals surface area contributed by atoms with Gasteiger partial charge in [0.25, 0.3) is 5.22 Å². The summed E-state index contributed by atoms with van der Waals surface area (Å²) in [6.07, 6.45) is 0. The third-order valence-electron chi connectivity index (χ3n) is 2.17. The minimum Gasteiger partial charge on any atom is -0.416 e. The van der Waals surface area contributed by atoms with Crippen LogP contribution in [0.2, 0.25) is 0 Å². The highest BCUT2D eigenvalue weighted by molar-refractivity contribution is 9.10. The van der Waals surface area contributed by atoms with Crippen molar-refractivity contribution in [2.75, 3.05) is 0 Å². The number of nitrogens with two attached hydrogens (primary N) is 1. The molecule has 0 amide bonds. The maximum atomic E-state index is 5.94. The second-order valence-electron chi connectivity index (χ2n) is 3.66. The maximum absolute atomic E-state index is 5.94. The van der Waals surface area contributed by atoms with E-state index in [1.54, 1.807) is 6.92 Å². The van der Waals surface area contributed by atoms with Gasteiger partial charge in [-0.05, 0) is 42.4 Å². The van der Waals surface area contributed by atoms with Gasteiger partial charge in [-0.25, -0.2) is 0 Å². The Morgan fingerprint density at radius 3 is 2.76 bits per heavy atom. The smallest absolute Gasteiger partial charge is 0.281 e. The summed E-state index contributed by atoms with van der Waals surface area (Å²) in [7, 11) is 0. The molecule has 17 heavy (non-hydrogen) atoms. The summed E-state index contributed by atoms with van der Waals surface area (Å²) in [6.45, 7) is 3.72. The first-order valence-electron chi connectivity index (χ1n) is 5.09. The van der Waals surface area contributed by atoms with Gasteiger partial charge >= 0.3 is 0 Å². The van der Waals surface area contributed by atoms with Crippen LogP contribution in [-0.4, -0.2) is 10.2 Å². The maximum Gasteiger partial charge on any atom is 0.281 e. The SMILES string of the molecule is Cc1nnc(Sc2ccc(Br)cc2C(C)N)o1. The Kier molecular flexibility index (Phi) is 3.86. The molecule has 1 aromatic carbocycles. The monoisotopic (exact) mass is 313 g/mol. The average molecular weight is 314 g/mol. The van der Waals surface area contributed by atoms with E-state index in [0.717, 1.165) is 14.9 Å². The van der Waals surface area contributed by atoms with Gasteiger partial charge < -0.3 is 10.2 Å². The van der Waals surface area contributed by atoms with Crippen molar-refractivity contribution in [2.45, 2.75) is 30.0 Å². The molecule has 2 rings (SSSR count). The quantitative estimate of drug-likeness (QED) is 0.941. The van der Waals surface area contributed by atoms with Crippen molar-refractivity contribution in [1.82, 2.24) is 10.2 Å². The molecule has 0 bridgehead atoms. The van der Waals surface area contributed by atoms with Crippen molar-refractivity contribution >= 4 is 27.7 Å². The lowest BCUT2D eigenvalue weighted by Crippen LogP contribution is -2.06. The van der Waals surface area contributed by atoms with Crippen molar-refractivity contribution < 1.29 is 4.42 Å². The Bertz CT molecular complexity index is 527. The van der Waals surface area contributed by atoms with E-state index in [-0.39, 0.29) is 6.04 Å². The summed E-state index contributed by atoms with van der Waals surface area (Å²) in [5, 5.41) is 8.29. The van der Waals surface area contributed by atoms with E-state index < -0.39 is 0 Å². The van der Waals surface area contributed by atoms with Crippen LogP contribution in [0.15, 0.2) is 37.2 Å². The van der Waals surface area contributed by atoms with Gasteiger partial charge in [-0.1, -0.05) is 15.9 Å². The van der Waals surface area contributed by atoms with Gasteiger partial charge in [0.05, 0.1) is 0 Å². The van der Waals surface area contributed by atoms with Crippen molar-refractivity contribution in [3.05, 3.63) is 34.1 Å². The highest BCUT2D eigenvalue weighted by Gasteiger charge is 2.12. The molecule has 0 aliphatic carbocycles. The molecule has 0 spiro atoms. The fourth-order valence-electron chi connectivity index (χ4n) is 1.38. The Morgan fingerprint density at radius 1 is 1.41 bits per heavy atom. The van der Waals surface area contributed by atoms with Gasteiger partial charge in [0.2, 0.25) is 5.89 Å². The Balaban J connectivity index is 2.32. The predicted octanol–water partition coefficient (Wildman–Crippen LogP) is 3.31. The molecular weight excluding hydrogens is 302 g/mol. The molecule has 90 valence electrons. The molecular formula is C11H12BrN3OS. The third-order valence-corrected chi connectivity index (χ3v) is 3.59. The summed E-state index contributed by atoms with van der Waals surface area (Å²) in [4.78, 5) is 1.03. The van der Waals surface area contributed by atoms with Gasteiger partial charge in [-0.3, -0.25) is 0 Å². The molecule has 0 saturated carbocycles. The van der Waals surface area contributed by atoms with Gasteiger partial charge in [0.15, 0.2) is 0 Å². The van der Waals surface area contributed by atoms with Crippen LogP contribution in [0.3, 0.4) is 0 Å². The van der Waals surface area contributed by atoms with E-state index in [9.17, 15) is 0 Å². The molecule has 1 atom stereocenters. The Hall–Kier alpha value is -0.850. The zero-order valence-electron chi connectivity index (χ0n) is 9.48. The number of hydrogen-bond acceptors (Lipinski definition) is 5. The zero-order valence-corrected chi connectivity index (χ0v) is 11.9. The van der Waals surface area contributed by atoms with Gasteiger partial charge in [0.1, 0.15) is 0 Å². The van der Waals surface area contributed by atoms with Gasteiger partial charge in [-0.2, -0.15) is 0 Å². The lowest BCUT2D eigenvalue weighted by atomic mass is 10.1. The van der Waals surface area contributed by atoms with Crippen LogP contribution in [0.4, 0.5) is 0 Å². The molecule has 1 aromatic heterocycles. The first kappa shape index (κ1) is 12.6. The number of aryl methyl sites for hydroxylation is 1. The van der Waals surface area contributed by atoms with Crippen LogP contribution in [0, 0.1) is 6.92 Å². The normalized spacial score (nSPS) is 12.7. The first-order chi connectivity index (χ1) is 8.06. The van der Waals surface area contributed by atoms with Gasteiger partial charge in [0, 0.05) is 22.3 Å². The summed E-state index contributed by atoms with van der Waals surface area (Å²) in [6, 6.07) is 5.93. The van der Waals surface area contributed by atoms with Crippen LogP contribution < -0.4 is 5.73 Å². The topological polar surface area (TPSA) is 64.9 Å². The van der Waals surface area contributed by atoms with E-state index in [0.29, 0.717) is 11.1 Å². The predicted molar refractivity (Wildman–Crippen MR) is 69.9 cm³/mol. The van der Waals surface area contributed by atoms with Crippen LogP contribution in [0.1, 0.15) is 24.4 Å². The van der Waals surface area contributed by atoms with Crippen LogP contribution in [0.5, 0.6) is 0 Å². The number of rotatable bonds is 3. The molecule has 4 nitrogen and oxygen atoms in total. The minimum atomic E-state index is -0.0426. The summed E-state index contributed by atoms with van der Waals surface area (Å²) in [5.74, 6) is 0.562. The lowest BCUT2D eigenvalue weighted by molar-refractivity contribution is 0.429. The molecule has 0 fully saturated rings. The molecule has 2 N–H and O–H groups in total. The van der Waals surface area contributed by atoms with Crippen molar-refractivity contribution in [3.63, 3.8) is 0 Å². The lowest BCUT2D eigenvalue weighted by Gasteiger charge is -2.11. The first-order valence-corrected chi connectivity index (χ1v) is 6.70. The molecule has 1 unspecified atom stereocenters. The Labute approximate surface area is 112 Å². The highest BCUT2D eigenvalue weighted by Crippen LogP contribution is 2.33. The largest absolute Gasteiger partial charge is 0.416 e. The number of aromatic nitrogens is 2. The van der Waals surface area contributed by atoms with Crippen molar-refractivity contribution in [2.24, 2.45) is 5.73 Å². The fourth-order valence-corrected chi connectivity index (χ4v) is 2.69. The van der Waals surface area contributed by atoms with Gasteiger partial charge in [-0.15, -0.1) is 10.2 Å². The molecule has 2 aromatic rings. The number of benzene rings is 1. The molecule has 0 saturated heterocycles. The summed E-state index contributed by atoms with van der Waals surface area (Å²) >= 11 is 4.87. The average Bonchev–Trinajstić information content (AvgIpc) is 2.66. The zero-order chi connectivity index (χ0) is 12.4. The van der Waals surface area contributed by atoms with E-state index in [1.165, 1.54) is 11.8 Å². The molecule has 0 aliphatic heterocycles. The van der Waals surface area contributed by atoms with Crippen LogP contribution in [-0.2, 0) is 0 Å². The summed E-state index contributed by atoms with van der Waals surface area (Å²) < 4.78 is 6.35. The summed E-state index contributed by atoms with van der Waals surface area (Å²) in [5.41, 5.74) is 7.00. The molecule has 0 aliphatic rings. The second-order valence-corrected chi connectivity index (χ2v) is 5.57.